The van der Waals surface area contributed by atoms with Crippen molar-refractivity contribution in [1.29, 1.82) is 0 Å². The van der Waals surface area contributed by atoms with Crippen LogP contribution in [0.25, 0.3) is 0 Å². The van der Waals surface area contributed by atoms with E-state index >= 15 is 0 Å². The fourth-order valence-corrected chi connectivity index (χ4v) is 4.26. The van der Waals surface area contributed by atoms with E-state index < -0.39 is 17.7 Å². The zero-order valence-electron chi connectivity index (χ0n) is 13.7. The van der Waals surface area contributed by atoms with Crippen molar-refractivity contribution < 1.29 is 14.4 Å². The van der Waals surface area contributed by atoms with E-state index in [0.29, 0.717) is 11.3 Å². The molecule has 7 nitrogen and oxygen atoms in total. The Kier molecular flexibility index (Phi) is 4.36. The topological polar surface area (TPSA) is 82.1 Å². The molecule has 26 heavy (non-hydrogen) atoms. The number of hydrogen-bond donors (Lipinski definition) is 1. The van der Waals surface area contributed by atoms with Crippen LogP contribution in [0.15, 0.2) is 27.8 Å². The maximum atomic E-state index is 12.5. The highest BCUT2D eigenvalue weighted by molar-refractivity contribution is 9.10. The number of amides is 3. The number of carbonyl (C=O) groups excluding carboxylic acids is 3. The Bertz CT molecular complexity index is 879. The van der Waals surface area contributed by atoms with Crippen LogP contribution >= 0.6 is 28.1 Å². The number of anilines is 1. The van der Waals surface area contributed by atoms with Crippen molar-refractivity contribution >= 4 is 62.4 Å². The first-order valence-electron chi connectivity index (χ1n) is 8.39. The first-order valence-corrected chi connectivity index (χ1v) is 9.59. The predicted octanol–water partition coefficient (Wildman–Crippen LogP) is 2.39. The highest BCUT2D eigenvalue weighted by Gasteiger charge is 2.46. The Morgan fingerprint density at radius 1 is 1.12 bits per heavy atom. The third-order valence-electron chi connectivity index (χ3n) is 4.82. The van der Waals surface area contributed by atoms with Gasteiger partial charge in [-0.15, -0.1) is 0 Å². The van der Waals surface area contributed by atoms with E-state index in [1.807, 2.05) is 0 Å². The number of hydrazone groups is 1. The first-order chi connectivity index (χ1) is 12.5. The summed E-state index contributed by atoms with van der Waals surface area (Å²) >= 11 is 8.71. The fourth-order valence-electron chi connectivity index (χ4n) is 3.54. The minimum Gasteiger partial charge on any atom is -0.320 e. The summed E-state index contributed by atoms with van der Waals surface area (Å²) in [7, 11) is 0. The van der Waals surface area contributed by atoms with Crippen LogP contribution in [0.3, 0.4) is 0 Å². The Labute approximate surface area is 163 Å². The van der Waals surface area contributed by atoms with Crippen LogP contribution in [0.1, 0.15) is 37.7 Å². The molecule has 1 aliphatic carbocycles. The van der Waals surface area contributed by atoms with Gasteiger partial charge in [0.2, 0.25) is 5.11 Å². The first kappa shape index (κ1) is 17.3. The van der Waals surface area contributed by atoms with E-state index in [2.05, 4.69) is 26.3 Å². The summed E-state index contributed by atoms with van der Waals surface area (Å²) in [4.78, 5) is 38.5. The lowest BCUT2D eigenvalue weighted by atomic mass is 9.94. The van der Waals surface area contributed by atoms with Gasteiger partial charge >= 0.3 is 11.8 Å². The van der Waals surface area contributed by atoms with E-state index in [0.717, 1.165) is 41.6 Å². The number of rotatable bonds is 2. The lowest BCUT2D eigenvalue weighted by Gasteiger charge is -2.29. The molecule has 2 aliphatic heterocycles. The third kappa shape index (κ3) is 2.75. The number of carbonyl (C=O) groups is 3. The number of halogens is 1. The van der Waals surface area contributed by atoms with Crippen molar-refractivity contribution in [3.63, 3.8) is 0 Å². The highest BCUT2D eigenvalue weighted by Crippen LogP contribution is 2.30. The van der Waals surface area contributed by atoms with Gasteiger partial charge in [-0.3, -0.25) is 19.3 Å². The lowest BCUT2D eigenvalue weighted by Crippen LogP contribution is -2.41. The molecule has 2 fully saturated rings. The summed E-state index contributed by atoms with van der Waals surface area (Å²) in [5.74, 6) is -1.92. The van der Waals surface area contributed by atoms with Gasteiger partial charge in [-0.05, 0) is 43.3 Å². The van der Waals surface area contributed by atoms with Crippen LogP contribution in [-0.2, 0) is 14.4 Å². The number of benzene rings is 1. The number of thiocarbonyl (C=S) groups is 1. The van der Waals surface area contributed by atoms with E-state index in [1.165, 1.54) is 4.90 Å². The van der Waals surface area contributed by atoms with Gasteiger partial charge in [-0.25, -0.2) is 0 Å². The molecule has 1 aromatic carbocycles. The molecule has 3 amide bonds. The number of fused-ring (bicyclic) bond motifs is 1. The van der Waals surface area contributed by atoms with Crippen molar-refractivity contribution in [2.45, 2.75) is 38.1 Å². The molecule has 3 aliphatic rings. The molecule has 0 atom stereocenters. The van der Waals surface area contributed by atoms with Crippen LogP contribution in [0.2, 0.25) is 0 Å². The SMILES string of the molecule is O=C1Nc2ccc(Br)cc2/C1=N/N1C(=O)C(=O)N(C2CCCCC2)C1=S. The van der Waals surface area contributed by atoms with Crippen molar-refractivity contribution in [2.75, 3.05) is 5.32 Å². The molecule has 0 aromatic heterocycles. The second-order valence-corrected chi connectivity index (χ2v) is 7.74. The second kappa shape index (κ2) is 6.55. The van der Waals surface area contributed by atoms with Crippen LogP contribution in [-0.4, -0.2) is 44.5 Å². The number of nitrogens with one attached hydrogen (secondary N) is 1. The Morgan fingerprint density at radius 3 is 2.58 bits per heavy atom. The standard InChI is InChI=1S/C17H15BrN4O3S/c18-9-6-7-12-11(8-9)13(14(23)19-12)20-22-16(25)15(24)21(17(22)26)10-4-2-1-3-5-10/h6-8,10H,1-5H2,(H,19,20,23). The van der Waals surface area contributed by atoms with Gasteiger partial charge in [-0.1, -0.05) is 35.2 Å². The van der Waals surface area contributed by atoms with Gasteiger partial charge in [0.15, 0.2) is 5.71 Å². The molecule has 1 aromatic rings. The van der Waals surface area contributed by atoms with Crippen molar-refractivity contribution in [3.8, 4) is 0 Å². The molecule has 1 saturated heterocycles. The van der Waals surface area contributed by atoms with E-state index in [4.69, 9.17) is 12.2 Å². The Balaban J connectivity index is 1.68. The van der Waals surface area contributed by atoms with Gasteiger partial charge in [0, 0.05) is 16.1 Å². The molecule has 1 saturated carbocycles. The quantitative estimate of drug-likeness (QED) is 0.572. The molecule has 9 heteroatoms. The van der Waals surface area contributed by atoms with Crippen LogP contribution in [0.4, 0.5) is 5.69 Å². The van der Waals surface area contributed by atoms with Gasteiger partial charge in [0.25, 0.3) is 5.91 Å². The third-order valence-corrected chi connectivity index (χ3v) is 5.68. The van der Waals surface area contributed by atoms with Crippen molar-refractivity contribution in [1.82, 2.24) is 9.91 Å². The molecule has 4 rings (SSSR count). The molecule has 2 heterocycles. The molecular weight excluding hydrogens is 420 g/mol. The number of hydrogen-bond acceptors (Lipinski definition) is 5. The average molecular weight is 435 g/mol. The maximum absolute atomic E-state index is 12.5. The summed E-state index contributed by atoms with van der Waals surface area (Å²) in [6.07, 6.45) is 4.77. The minimum absolute atomic E-state index is 0.0515. The second-order valence-electron chi connectivity index (χ2n) is 6.46. The molecular formula is C17H15BrN4O3S. The zero-order valence-corrected chi connectivity index (χ0v) is 16.1. The average Bonchev–Trinajstić information content (AvgIpc) is 3.04. The predicted molar refractivity (Wildman–Crippen MR) is 102 cm³/mol. The largest absolute Gasteiger partial charge is 0.339 e. The molecule has 0 unspecified atom stereocenters. The normalized spacial score (nSPS) is 22.4. The molecule has 0 radical (unpaired) electrons. The van der Waals surface area contributed by atoms with Crippen molar-refractivity contribution in [3.05, 3.63) is 28.2 Å². The lowest BCUT2D eigenvalue weighted by molar-refractivity contribution is -0.144. The Morgan fingerprint density at radius 2 is 1.85 bits per heavy atom. The summed E-state index contributed by atoms with van der Waals surface area (Å²) in [6.45, 7) is 0. The minimum atomic E-state index is -0.815. The van der Waals surface area contributed by atoms with E-state index in [1.54, 1.807) is 18.2 Å². The molecule has 0 spiro atoms. The zero-order chi connectivity index (χ0) is 18.4. The summed E-state index contributed by atoms with van der Waals surface area (Å²) in [5, 5.41) is 7.79. The van der Waals surface area contributed by atoms with Gasteiger partial charge in [0.05, 0.1) is 5.69 Å². The van der Waals surface area contributed by atoms with Gasteiger partial charge < -0.3 is 5.32 Å². The molecule has 134 valence electrons. The van der Waals surface area contributed by atoms with Crippen LogP contribution in [0.5, 0.6) is 0 Å². The van der Waals surface area contributed by atoms with Gasteiger partial charge in [-0.2, -0.15) is 10.1 Å². The molecule has 0 bridgehead atoms. The fraction of sp³-hybridized carbons (Fsp3) is 0.353. The van der Waals surface area contributed by atoms with E-state index in [9.17, 15) is 14.4 Å². The monoisotopic (exact) mass is 434 g/mol. The Hall–Kier alpha value is -2.13. The summed E-state index contributed by atoms with van der Waals surface area (Å²) < 4.78 is 0.774. The highest BCUT2D eigenvalue weighted by atomic mass is 79.9. The summed E-state index contributed by atoms with van der Waals surface area (Å²) in [5.41, 5.74) is 1.23. The maximum Gasteiger partial charge on any atom is 0.339 e. The van der Waals surface area contributed by atoms with Gasteiger partial charge in [0.1, 0.15) is 0 Å². The van der Waals surface area contributed by atoms with Crippen LogP contribution < -0.4 is 5.32 Å². The smallest absolute Gasteiger partial charge is 0.320 e. The summed E-state index contributed by atoms with van der Waals surface area (Å²) in [6, 6.07) is 5.19. The number of nitrogens with zero attached hydrogens (tertiary/aromatic N) is 3. The molecule has 1 N–H and O–H groups in total. The van der Waals surface area contributed by atoms with Crippen LogP contribution in [0, 0.1) is 0 Å². The van der Waals surface area contributed by atoms with Crippen molar-refractivity contribution in [2.24, 2.45) is 5.10 Å². The van der Waals surface area contributed by atoms with E-state index in [-0.39, 0.29) is 16.9 Å².